The van der Waals surface area contributed by atoms with Gasteiger partial charge in [-0.3, -0.25) is 30.3 Å². The van der Waals surface area contributed by atoms with Crippen molar-refractivity contribution in [1.82, 2.24) is 25.6 Å². The number of nitrogens with zero attached hydrogens (tertiary/aromatic N) is 8. The monoisotopic (exact) mass is 320 g/mol. The van der Waals surface area contributed by atoms with Crippen LogP contribution >= 0.6 is 0 Å². The van der Waals surface area contributed by atoms with Crippen molar-refractivity contribution in [3.63, 3.8) is 0 Å². The van der Waals surface area contributed by atoms with Crippen molar-refractivity contribution in [2.75, 3.05) is 0 Å². The van der Waals surface area contributed by atoms with Gasteiger partial charge in [0.15, 0.2) is 14.8 Å². The maximum Gasteiger partial charge on any atom is 0.766 e. The highest BCUT2D eigenvalue weighted by molar-refractivity contribution is 4.84. The molecule has 0 unspecified atom stereocenters. The standard InChI is InChI=1S/C3F4N8O6/c4-3(5,11(6)7)12-9-1(8-10-12)2(13(16)17,14(18)19)15(20)21. The van der Waals surface area contributed by atoms with Crippen LogP contribution in [0.4, 0.5) is 17.7 Å². The number of halogens is 4. The van der Waals surface area contributed by atoms with Crippen LogP contribution in [0.5, 0.6) is 0 Å². The lowest BCUT2D eigenvalue weighted by Gasteiger charge is -2.12. The molecule has 0 N–H and O–H groups in total. The molecule has 0 amide bonds. The number of hydrogen-bond acceptors (Lipinski definition) is 10. The van der Waals surface area contributed by atoms with Crippen molar-refractivity contribution in [1.29, 1.82) is 0 Å². The van der Waals surface area contributed by atoms with E-state index in [0.29, 0.717) is 0 Å². The predicted octanol–water partition coefficient (Wildman–Crippen LogP) is -0.809. The lowest BCUT2D eigenvalue weighted by atomic mass is 10.3. The van der Waals surface area contributed by atoms with Gasteiger partial charge < -0.3 is 0 Å². The summed E-state index contributed by atoms with van der Waals surface area (Å²) in [5.74, 6) is -6.50. The summed E-state index contributed by atoms with van der Waals surface area (Å²) in [5.41, 5.74) is 0. The molecule has 0 saturated heterocycles. The van der Waals surface area contributed by atoms with Crippen molar-refractivity contribution in [2.24, 2.45) is 0 Å². The maximum atomic E-state index is 12.7. The molecule has 0 spiro atoms. The Hall–Kier alpha value is -3.05. The van der Waals surface area contributed by atoms with Gasteiger partial charge in [-0.05, 0) is 5.21 Å². The third-order valence-electron chi connectivity index (χ3n) is 1.92. The average molecular weight is 320 g/mol. The molecule has 0 aliphatic carbocycles. The van der Waals surface area contributed by atoms with Gasteiger partial charge in [0.1, 0.15) is 5.34 Å². The lowest BCUT2D eigenvalue weighted by Crippen LogP contribution is -2.51. The second-order valence-corrected chi connectivity index (χ2v) is 3.05. The lowest BCUT2D eigenvalue weighted by molar-refractivity contribution is -0.987. The molecule has 0 aromatic carbocycles. The summed E-state index contributed by atoms with van der Waals surface area (Å²) in [7, 11) is 0. The summed E-state index contributed by atoms with van der Waals surface area (Å²) in [6.07, 6.45) is -5.29. The van der Waals surface area contributed by atoms with Crippen molar-refractivity contribution in [3.8, 4) is 0 Å². The van der Waals surface area contributed by atoms with Crippen LogP contribution in [0.15, 0.2) is 0 Å². The number of nitro groups is 3. The Morgan fingerprint density at radius 1 is 1.05 bits per heavy atom. The molecule has 0 saturated carbocycles. The molecule has 0 aliphatic rings. The van der Waals surface area contributed by atoms with E-state index in [1.54, 1.807) is 0 Å². The van der Waals surface area contributed by atoms with E-state index in [-0.39, 0.29) is 0 Å². The van der Waals surface area contributed by atoms with Gasteiger partial charge in [-0.15, -0.1) is 5.10 Å². The van der Waals surface area contributed by atoms with Crippen molar-refractivity contribution in [3.05, 3.63) is 36.2 Å². The van der Waals surface area contributed by atoms with E-state index >= 15 is 0 Å². The highest BCUT2D eigenvalue weighted by Gasteiger charge is 2.77. The summed E-state index contributed by atoms with van der Waals surface area (Å²) in [4.78, 5) is 24.1. The summed E-state index contributed by atoms with van der Waals surface area (Å²) in [5, 5.41) is 35.7. The first-order valence-corrected chi connectivity index (χ1v) is 4.23. The quantitative estimate of drug-likeness (QED) is 0.161. The van der Waals surface area contributed by atoms with Gasteiger partial charge in [0, 0.05) is 0 Å². The van der Waals surface area contributed by atoms with Gasteiger partial charge in [-0.25, -0.2) is 0 Å². The van der Waals surface area contributed by atoms with E-state index in [2.05, 4.69) is 15.4 Å². The summed E-state index contributed by atoms with van der Waals surface area (Å²) in [6, 6.07) is 0. The molecule has 18 heteroatoms. The molecule has 1 aromatic rings. The van der Waals surface area contributed by atoms with Crippen molar-refractivity contribution in [2.45, 2.75) is 12.0 Å². The molecule has 0 atom stereocenters. The Labute approximate surface area is 107 Å². The zero-order valence-corrected chi connectivity index (χ0v) is 9.04. The number of hydrogen-bond donors (Lipinski definition) is 0. The Morgan fingerprint density at radius 3 is 1.81 bits per heavy atom. The minimum absolute atomic E-state index is 1.26. The number of aromatic nitrogens is 4. The molecule has 116 valence electrons. The van der Waals surface area contributed by atoms with E-state index in [1.165, 1.54) is 0 Å². The summed E-state index contributed by atoms with van der Waals surface area (Å²) >= 11 is 0. The van der Waals surface area contributed by atoms with Crippen LogP contribution in [0.3, 0.4) is 0 Å². The Morgan fingerprint density at radius 2 is 1.48 bits per heavy atom. The molecule has 21 heavy (non-hydrogen) atoms. The number of tetrazole rings is 1. The fourth-order valence-electron chi connectivity index (χ4n) is 0.975. The van der Waals surface area contributed by atoms with Gasteiger partial charge >= 0.3 is 17.8 Å². The Bertz CT molecular complexity index is 565. The molecule has 0 fully saturated rings. The van der Waals surface area contributed by atoms with Gasteiger partial charge in [-0.1, -0.05) is 18.9 Å². The number of alkyl halides is 2. The Balaban J connectivity index is 3.51. The van der Waals surface area contributed by atoms with E-state index in [1.807, 2.05) is 0 Å². The average Bonchev–Trinajstić information content (AvgIpc) is 2.78. The van der Waals surface area contributed by atoms with E-state index in [9.17, 15) is 48.1 Å². The molecule has 0 aliphatic heterocycles. The van der Waals surface area contributed by atoms with Gasteiger partial charge in [0.05, 0.1) is 0 Å². The van der Waals surface area contributed by atoms with Crippen LogP contribution in [0, 0.1) is 30.3 Å². The van der Waals surface area contributed by atoms with Crippen LogP contribution in [-0.2, 0) is 12.0 Å². The SMILES string of the molecule is O=[N+]([O-])C(c1nnn(C(F)(F)N(F)F)n1)([N+](=O)[O-])[N+](=O)[O-]. The third-order valence-corrected chi connectivity index (χ3v) is 1.92. The summed E-state index contributed by atoms with van der Waals surface area (Å²) in [6.45, 7) is 0. The predicted molar refractivity (Wildman–Crippen MR) is 44.7 cm³/mol. The molecular formula is C3F4N8O6. The summed E-state index contributed by atoms with van der Waals surface area (Å²) < 4.78 is 49.2. The first-order valence-electron chi connectivity index (χ1n) is 4.23. The van der Waals surface area contributed by atoms with Gasteiger partial charge in [-0.2, -0.15) is 8.78 Å². The first-order chi connectivity index (χ1) is 9.48. The third kappa shape index (κ3) is 2.15. The number of rotatable bonds is 6. The fraction of sp³-hybridized carbons (Fsp3) is 0.667. The van der Waals surface area contributed by atoms with Gasteiger partial charge in [0.25, 0.3) is 0 Å². The second kappa shape index (κ2) is 4.81. The van der Waals surface area contributed by atoms with Crippen molar-refractivity contribution >= 4 is 0 Å². The van der Waals surface area contributed by atoms with E-state index < -0.39 is 42.7 Å². The zero-order chi connectivity index (χ0) is 16.6. The molecule has 14 nitrogen and oxygen atoms in total. The highest BCUT2D eigenvalue weighted by atomic mass is 19.4. The molecule has 0 bridgehead atoms. The van der Waals surface area contributed by atoms with Gasteiger partial charge in [0.2, 0.25) is 0 Å². The molecule has 1 heterocycles. The van der Waals surface area contributed by atoms with Crippen LogP contribution < -0.4 is 0 Å². The fourth-order valence-corrected chi connectivity index (χ4v) is 0.975. The minimum Gasteiger partial charge on any atom is -0.252 e. The minimum atomic E-state index is -5.29. The zero-order valence-electron chi connectivity index (χ0n) is 9.04. The van der Waals surface area contributed by atoms with Crippen LogP contribution in [-0.4, -0.2) is 40.3 Å². The Kier molecular flexibility index (Phi) is 3.66. The van der Waals surface area contributed by atoms with E-state index in [0.717, 1.165) is 0 Å². The maximum absolute atomic E-state index is 12.7. The highest BCUT2D eigenvalue weighted by Crippen LogP contribution is 2.27. The molecule has 0 radical (unpaired) electrons. The van der Waals surface area contributed by atoms with Crippen LogP contribution in [0.25, 0.3) is 0 Å². The van der Waals surface area contributed by atoms with Crippen LogP contribution in [0.2, 0.25) is 0 Å². The topological polar surface area (TPSA) is 176 Å². The molecule has 1 aromatic heterocycles. The smallest absolute Gasteiger partial charge is 0.252 e. The molecular weight excluding hydrogens is 320 g/mol. The second-order valence-electron chi connectivity index (χ2n) is 3.05. The van der Waals surface area contributed by atoms with Crippen molar-refractivity contribution < 1.29 is 32.5 Å². The van der Waals surface area contributed by atoms with E-state index in [4.69, 9.17) is 0 Å². The molecule has 1 rings (SSSR count). The first kappa shape index (κ1) is 16.0. The normalized spacial score (nSPS) is 12.4. The largest absolute Gasteiger partial charge is 0.766 e. The van der Waals surface area contributed by atoms with Crippen LogP contribution in [0.1, 0.15) is 5.82 Å².